The van der Waals surface area contributed by atoms with E-state index in [2.05, 4.69) is 0 Å². The fourth-order valence-electron chi connectivity index (χ4n) is 5.48. The Morgan fingerprint density at radius 3 is 0.927 bits per heavy atom. The van der Waals surface area contributed by atoms with Crippen molar-refractivity contribution in [3.63, 3.8) is 0 Å². The van der Waals surface area contributed by atoms with Crippen molar-refractivity contribution in [2.75, 3.05) is 0 Å². The van der Waals surface area contributed by atoms with Crippen molar-refractivity contribution in [2.45, 2.75) is 30.1 Å². The first-order chi connectivity index (χ1) is 25.1. The van der Waals surface area contributed by atoms with Gasteiger partial charge in [-0.25, -0.2) is 19.2 Å². The first kappa shape index (κ1) is 41.3. The number of carboxylic acid groups (broad SMARTS) is 4. The van der Waals surface area contributed by atoms with Crippen molar-refractivity contribution in [1.29, 1.82) is 0 Å². The van der Waals surface area contributed by atoms with Crippen molar-refractivity contribution in [3.05, 3.63) is 117 Å². The molecule has 0 spiro atoms. The molecule has 0 unspecified atom stereocenters. The first-order valence-corrected chi connectivity index (χ1v) is 14.3. The Kier molecular flexibility index (Phi) is 10.6. The van der Waals surface area contributed by atoms with E-state index in [0.29, 0.717) is 48.5 Å². The normalized spacial score (nSPS) is 12.6. The molecule has 10 nitrogen and oxygen atoms in total. The SMILES string of the molecule is O=C(O)c1ccc(Oc2ccc(C(c3ccc(Oc4ccc(C(=O)O)c(C(=O)O)c4C(F)(F)F)cc3)(C(F)(F)F)C(F)(F)F)cc2)c(C(F)(F)F)c1C(=O)O. The van der Waals surface area contributed by atoms with Crippen LogP contribution in [0.3, 0.4) is 0 Å². The Bertz CT molecular complexity index is 2010. The van der Waals surface area contributed by atoms with Crippen molar-refractivity contribution in [1.82, 2.24) is 0 Å². The number of ether oxygens (including phenoxy) is 2. The van der Waals surface area contributed by atoms with Crippen LogP contribution in [0, 0.1) is 0 Å². The summed E-state index contributed by atoms with van der Waals surface area (Å²) < 4.78 is 182. The van der Waals surface area contributed by atoms with Gasteiger partial charge in [0.1, 0.15) is 34.1 Å². The van der Waals surface area contributed by atoms with Gasteiger partial charge in [-0.3, -0.25) is 0 Å². The van der Waals surface area contributed by atoms with Crippen molar-refractivity contribution in [2.24, 2.45) is 0 Å². The smallest absolute Gasteiger partial charge is 0.420 e. The second-order valence-electron chi connectivity index (χ2n) is 10.9. The lowest BCUT2D eigenvalue weighted by Crippen LogP contribution is -2.54. The molecule has 0 bridgehead atoms. The summed E-state index contributed by atoms with van der Waals surface area (Å²) in [6, 6.07) is 3.49. The summed E-state index contributed by atoms with van der Waals surface area (Å²) in [4.78, 5) is 45.9. The van der Waals surface area contributed by atoms with E-state index in [-0.39, 0.29) is 24.3 Å². The molecule has 22 heteroatoms. The van der Waals surface area contributed by atoms with Gasteiger partial charge in [0.15, 0.2) is 0 Å². The third kappa shape index (κ3) is 7.64. The highest BCUT2D eigenvalue weighted by Crippen LogP contribution is 2.57. The van der Waals surface area contributed by atoms with Gasteiger partial charge in [0.2, 0.25) is 5.41 Å². The average Bonchev–Trinajstić information content (AvgIpc) is 3.03. The minimum atomic E-state index is -6.28. The number of benzene rings is 4. The number of hydrogen-bond acceptors (Lipinski definition) is 6. The van der Waals surface area contributed by atoms with Gasteiger partial charge >= 0.3 is 48.6 Å². The van der Waals surface area contributed by atoms with Crippen LogP contribution in [0.5, 0.6) is 23.0 Å². The lowest BCUT2D eigenvalue weighted by atomic mass is 9.73. The van der Waals surface area contributed by atoms with Gasteiger partial charge in [0.25, 0.3) is 0 Å². The molecule has 0 aromatic heterocycles. The largest absolute Gasteiger partial charge is 0.478 e. The second-order valence-corrected chi connectivity index (χ2v) is 10.9. The third-order valence-corrected chi connectivity index (χ3v) is 7.67. The zero-order chi connectivity index (χ0) is 41.6. The zero-order valence-electron chi connectivity index (χ0n) is 26.2. The highest BCUT2D eigenvalue weighted by molar-refractivity contribution is 6.04. The maximum Gasteiger partial charge on any atom is 0.420 e. The van der Waals surface area contributed by atoms with E-state index < -0.39 is 122 Å². The molecular weight excluding hydrogens is 784 g/mol. The average molecular weight is 800 g/mol. The van der Waals surface area contributed by atoms with Crippen LogP contribution < -0.4 is 9.47 Å². The predicted octanol–water partition coefficient (Wildman–Crippen LogP) is 9.51. The molecule has 292 valence electrons. The molecule has 0 aliphatic rings. The standard InChI is InChI=1S/C33H16F12O10/c34-30(35,36)23-19(11-9-17(25(46)47)21(23)27(50)51)54-15-5-1-13(2-6-15)29(32(40,41)42,33(43,44)45)14-3-7-16(8-4-14)55-20-12-10-18(26(48)49)22(28(52)53)24(20)31(37,38)39/h1-12H,(H,46,47)(H,48,49)(H,50,51)(H,52,53). The predicted molar refractivity (Wildman–Crippen MR) is 157 cm³/mol. The molecule has 4 N–H and O–H groups in total. The van der Waals surface area contributed by atoms with Crippen molar-refractivity contribution in [3.8, 4) is 23.0 Å². The number of alkyl halides is 12. The molecule has 4 aromatic carbocycles. The molecule has 4 rings (SSSR count). The summed E-state index contributed by atoms with van der Waals surface area (Å²) in [5.41, 5.74) is -18.8. The van der Waals surface area contributed by atoms with Gasteiger partial charge in [-0.2, -0.15) is 52.7 Å². The van der Waals surface area contributed by atoms with E-state index in [1.165, 1.54) is 0 Å². The number of carboxylic acids is 4. The first-order valence-electron chi connectivity index (χ1n) is 14.3. The van der Waals surface area contributed by atoms with Gasteiger partial charge in [0, 0.05) is 0 Å². The Labute approximate surface area is 296 Å². The summed E-state index contributed by atoms with van der Waals surface area (Å²) in [5.74, 6) is -13.5. The molecular formula is C33H16F12O10. The number of hydrogen-bond donors (Lipinski definition) is 4. The summed E-state index contributed by atoms with van der Waals surface area (Å²) in [5, 5.41) is 36.9. The van der Waals surface area contributed by atoms with Gasteiger partial charge in [-0.05, 0) is 59.7 Å². The summed E-state index contributed by atoms with van der Waals surface area (Å²) in [6.45, 7) is 0. The van der Waals surface area contributed by atoms with Crippen LogP contribution in [0.1, 0.15) is 63.7 Å². The van der Waals surface area contributed by atoms with Gasteiger partial charge < -0.3 is 29.9 Å². The van der Waals surface area contributed by atoms with Crippen LogP contribution in [-0.2, 0) is 17.8 Å². The molecule has 0 atom stereocenters. The fourth-order valence-corrected chi connectivity index (χ4v) is 5.48. The summed E-state index contributed by atoms with van der Waals surface area (Å²) in [6.07, 6.45) is -23.8. The van der Waals surface area contributed by atoms with E-state index in [9.17, 15) is 82.1 Å². The van der Waals surface area contributed by atoms with Crippen LogP contribution in [0.2, 0.25) is 0 Å². The van der Waals surface area contributed by atoms with E-state index in [1.54, 1.807) is 0 Å². The quantitative estimate of drug-likeness (QED) is 0.113. The lowest BCUT2D eigenvalue weighted by molar-refractivity contribution is -0.288. The van der Waals surface area contributed by atoms with E-state index in [1.807, 2.05) is 0 Å². The molecule has 0 saturated heterocycles. The molecule has 0 heterocycles. The molecule has 55 heavy (non-hydrogen) atoms. The number of rotatable bonds is 10. The Balaban J connectivity index is 1.83. The lowest BCUT2D eigenvalue weighted by Gasteiger charge is -2.38. The number of carbonyl (C=O) groups is 4. The Morgan fingerprint density at radius 2 is 0.709 bits per heavy atom. The molecule has 0 amide bonds. The molecule has 4 aromatic rings. The molecule has 0 radical (unpaired) electrons. The topological polar surface area (TPSA) is 168 Å². The van der Waals surface area contributed by atoms with Crippen LogP contribution >= 0.6 is 0 Å². The highest BCUT2D eigenvalue weighted by atomic mass is 19.4. The number of aromatic carboxylic acids is 4. The van der Waals surface area contributed by atoms with Crippen LogP contribution in [0.4, 0.5) is 52.7 Å². The zero-order valence-corrected chi connectivity index (χ0v) is 26.2. The molecule has 0 saturated carbocycles. The van der Waals surface area contributed by atoms with Crippen LogP contribution in [0.25, 0.3) is 0 Å². The van der Waals surface area contributed by atoms with E-state index in [0.717, 1.165) is 0 Å². The molecule has 0 aliphatic heterocycles. The fraction of sp³-hybridized carbons (Fsp3) is 0.152. The van der Waals surface area contributed by atoms with Crippen LogP contribution in [0.15, 0.2) is 72.8 Å². The summed E-state index contributed by atoms with van der Waals surface area (Å²) in [7, 11) is 0. The Morgan fingerprint density at radius 1 is 0.418 bits per heavy atom. The minimum absolute atomic E-state index is 0.144. The van der Waals surface area contributed by atoms with E-state index >= 15 is 0 Å². The third-order valence-electron chi connectivity index (χ3n) is 7.67. The van der Waals surface area contributed by atoms with Crippen LogP contribution in [-0.4, -0.2) is 56.7 Å². The van der Waals surface area contributed by atoms with Crippen molar-refractivity contribution >= 4 is 23.9 Å². The highest BCUT2D eigenvalue weighted by Gasteiger charge is 2.72. The number of halogens is 12. The maximum atomic E-state index is 14.7. The van der Waals surface area contributed by atoms with Gasteiger partial charge in [0.05, 0.1) is 22.3 Å². The monoisotopic (exact) mass is 800 g/mol. The maximum absolute atomic E-state index is 14.7. The van der Waals surface area contributed by atoms with Crippen molar-refractivity contribution < 1.29 is 102 Å². The second kappa shape index (κ2) is 14.1. The molecule has 0 aliphatic carbocycles. The minimum Gasteiger partial charge on any atom is -0.478 e. The molecule has 0 fully saturated rings. The van der Waals surface area contributed by atoms with Gasteiger partial charge in [-0.15, -0.1) is 0 Å². The Hall–Kier alpha value is -6.48. The summed E-state index contributed by atoms with van der Waals surface area (Å²) >= 11 is 0. The van der Waals surface area contributed by atoms with Gasteiger partial charge in [-0.1, -0.05) is 24.3 Å². The van der Waals surface area contributed by atoms with E-state index in [4.69, 9.17) is 19.7 Å².